The molecule has 0 saturated carbocycles. The van der Waals surface area contributed by atoms with Crippen molar-refractivity contribution in [2.24, 2.45) is 0 Å². The molecule has 8 nitrogen and oxygen atoms in total. The van der Waals surface area contributed by atoms with Crippen LogP contribution in [-0.2, 0) is 6.42 Å². The number of amides is 2. The Morgan fingerprint density at radius 1 is 1.13 bits per heavy atom. The number of benzene rings is 1. The molecule has 1 saturated heterocycles. The summed E-state index contributed by atoms with van der Waals surface area (Å²) in [6, 6.07) is 9.67. The standard InChI is InChI=1S/C22H26N4O4/c1-24(2)21(27)16-3-5-19-15(13-16)7-12-26(19)20-6-4-18(14-23-20)30-17-8-10-25(11-9-17)22(28)29/h3-6,13-14,17H,7-12H2,1-2H3,(H,28,29). The zero-order valence-corrected chi connectivity index (χ0v) is 17.2. The molecule has 8 heteroatoms. The molecule has 1 aromatic carbocycles. The first-order valence-corrected chi connectivity index (χ1v) is 10.1. The largest absolute Gasteiger partial charge is 0.489 e. The van der Waals surface area contributed by atoms with Crippen molar-refractivity contribution >= 4 is 23.5 Å². The van der Waals surface area contributed by atoms with Crippen LogP contribution in [0.25, 0.3) is 0 Å². The van der Waals surface area contributed by atoms with E-state index >= 15 is 0 Å². The molecule has 2 amide bonds. The maximum absolute atomic E-state index is 12.2. The number of piperidine rings is 1. The Labute approximate surface area is 175 Å². The van der Waals surface area contributed by atoms with E-state index in [4.69, 9.17) is 9.84 Å². The summed E-state index contributed by atoms with van der Waals surface area (Å²) >= 11 is 0. The number of ether oxygens (including phenoxy) is 1. The van der Waals surface area contributed by atoms with Crippen molar-refractivity contribution in [2.75, 3.05) is 38.6 Å². The van der Waals surface area contributed by atoms with Crippen LogP contribution in [0.5, 0.6) is 5.75 Å². The summed E-state index contributed by atoms with van der Waals surface area (Å²) in [5.41, 5.74) is 2.92. The summed E-state index contributed by atoms with van der Waals surface area (Å²) < 4.78 is 5.99. The number of carbonyl (C=O) groups is 2. The van der Waals surface area contributed by atoms with Gasteiger partial charge in [0.1, 0.15) is 17.7 Å². The number of likely N-dealkylation sites (tertiary alicyclic amines) is 1. The Hall–Kier alpha value is -3.29. The summed E-state index contributed by atoms with van der Waals surface area (Å²) in [4.78, 5) is 32.9. The molecule has 0 atom stereocenters. The van der Waals surface area contributed by atoms with Crippen molar-refractivity contribution in [1.82, 2.24) is 14.8 Å². The molecule has 30 heavy (non-hydrogen) atoms. The Bertz CT molecular complexity index is 937. The van der Waals surface area contributed by atoms with Crippen LogP contribution >= 0.6 is 0 Å². The molecule has 0 aliphatic carbocycles. The van der Waals surface area contributed by atoms with E-state index in [0.29, 0.717) is 37.2 Å². The van der Waals surface area contributed by atoms with Gasteiger partial charge in [-0.3, -0.25) is 4.79 Å². The fraction of sp³-hybridized carbons (Fsp3) is 0.409. The van der Waals surface area contributed by atoms with Crippen molar-refractivity contribution in [3.63, 3.8) is 0 Å². The number of anilines is 2. The van der Waals surface area contributed by atoms with Crippen molar-refractivity contribution in [2.45, 2.75) is 25.4 Å². The van der Waals surface area contributed by atoms with Gasteiger partial charge in [-0.05, 0) is 42.3 Å². The average Bonchev–Trinajstić information content (AvgIpc) is 3.17. The van der Waals surface area contributed by atoms with Crippen LogP contribution in [0.15, 0.2) is 36.5 Å². The summed E-state index contributed by atoms with van der Waals surface area (Å²) in [5.74, 6) is 1.54. The number of pyridine rings is 1. The zero-order valence-electron chi connectivity index (χ0n) is 17.2. The monoisotopic (exact) mass is 410 g/mol. The molecule has 2 aliphatic heterocycles. The average molecular weight is 410 g/mol. The van der Waals surface area contributed by atoms with Gasteiger partial charge in [0.2, 0.25) is 0 Å². The highest BCUT2D eigenvalue weighted by molar-refractivity contribution is 5.95. The highest BCUT2D eigenvalue weighted by Gasteiger charge is 2.25. The highest BCUT2D eigenvalue weighted by atomic mass is 16.5. The van der Waals surface area contributed by atoms with Gasteiger partial charge < -0.3 is 24.5 Å². The van der Waals surface area contributed by atoms with Gasteiger partial charge in [-0.15, -0.1) is 0 Å². The number of rotatable bonds is 4. The third kappa shape index (κ3) is 4.03. The smallest absolute Gasteiger partial charge is 0.407 e. The molecule has 2 aliphatic rings. The van der Waals surface area contributed by atoms with Crippen molar-refractivity contribution in [3.8, 4) is 5.75 Å². The number of aromatic nitrogens is 1. The van der Waals surface area contributed by atoms with Crippen LogP contribution in [0.2, 0.25) is 0 Å². The normalized spacial score (nSPS) is 16.3. The fourth-order valence-corrected chi connectivity index (χ4v) is 3.99. The van der Waals surface area contributed by atoms with Gasteiger partial charge in [-0.25, -0.2) is 9.78 Å². The van der Waals surface area contributed by atoms with E-state index in [1.807, 2.05) is 30.3 Å². The van der Waals surface area contributed by atoms with E-state index in [0.717, 1.165) is 30.0 Å². The Balaban J connectivity index is 1.41. The van der Waals surface area contributed by atoms with Gasteiger partial charge in [0, 0.05) is 57.8 Å². The van der Waals surface area contributed by atoms with Crippen LogP contribution in [0, 0.1) is 0 Å². The van der Waals surface area contributed by atoms with E-state index in [1.54, 1.807) is 25.2 Å². The maximum atomic E-state index is 12.2. The van der Waals surface area contributed by atoms with Crippen LogP contribution < -0.4 is 9.64 Å². The van der Waals surface area contributed by atoms with E-state index in [2.05, 4.69) is 9.88 Å². The lowest BCUT2D eigenvalue weighted by Gasteiger charge is -2.30. The number of nitrogens with zero attached hydrogens (tertiary/aromatic N) is 4. The minimum Gasteiger partial charge on any atom is -0.489 e. The minimum atomic E-state index is -0.872. The molecule has 3 heterocycles. The molecular formula is C22H26N4O4. The first-order chi connectivity index (χ1) is 14.4. The van der Waals surface area contributed by atoms with Gasteiger partial charge in [-0.1, -0.05) is 0 Å². The lowest BCUT2D eigenvalue weighted by atomic mass is 10.1. The second-order valence-corrected chi connectivity index (χ2v) is 7.88. The molecule has 2 aromatic rings. The molecule has 1 aromatic heterocycles. The molecule has 0 spiro atoms. The number of hydrogen-bond donors (Lipinski definition) is 1. The number of fused-ring (bicyclic) bond motifs is 1. The third-order valence-corrected chi connectivity index (χ3v) is 5.64. The third-order valence-electron chi connectivity index (χ3n) is 5.64. The predicted octanol–water partition coefficient (Wildman–Crippen LogP) is 3.00. The zero-order chi connectivity index (χ0) is 21.3. The fourth-order valence-electron chi connectivity index (χ4n) is 3.99. The topological polar surface area (TPSA) is 86.2 Å². The molecule has 4 rings (SSSR count). The molecular weight excluding hydrogens is 384 g/mol. The molecule has 0 bridgehead atoms. The molecule has 1 N–H and O–H groups in total. The Morgan fingerprint density at radius 3 is 2.53 bits per heavy atom. The van der Waals surface area contributed by atoms with Gasteiger partial charge in [-0.2, -0.15) is 0 Å². The summed E-state index contributed by atoms with van der Waals surface area (Å²) in [6.07, 6.45) is 3.09. The Morgan fingerprint density at radius 2 is 1.90 bits per heavy atom. The number of hydrogen-bond acceptors (Lipinski definition) is 5. The number of carbonyl (C=O) groups excluding carboxylic acids is 1. The van der Waals surface area contributed by atoms with E-state index in [9.17, 15) is 9.59 Å². The van der Waals surface area contributed by atoms with Crippen molar-refractivity contribution in [1.29, 1.82) is 0 Å². The lowest BCUT2D eigenvalue weighted by Crippen LogP contribution is -2.41. The minimum absolute atomic E-state index is 0.00469. The van der Waals surface area contributed by atoms with Gasteiger partial charge in [0.15, 0.2) is 0 Å². The quantitative estimate of drug-likeness (QED) is 0.834. The van der Waals surface area contributed by atoms with Crippen molar-refractivity contribution < 1.29 is 19.4 Å². The second kappa shape index (κ2) is 8.22. The van der Waals surface area contributed by atoms with Crippen LogP contribution in [0.3, 0.4) is 0 Å². The highest BCUT2D eigenvalue weighted by Crippen LogP contribution is 2.34. The SMILES string of the molecule is CN(C)C(=O)c1ccc2c(c1)CCN2c1ccc(OC2CCN(C(=O)O)CC2)cn1. The van der Waals surface area contributed by atoms with E-state index in [1.165, 1.54) is 4.90 Å². The molecule has 0 radical (unpaired) electrons. The molecule has 1 fully saturated rings. The van der Waals surface area contributed by atoms with Gasteiger partial charge in [0.25, 0.3) is 5.91 Å². The summed E-state index contributed by atoms with van der Waals surface area (Å²) in [5, 5.41) is 9.04. The molecule has 0 unspecified atom stereocenters. The predicted molar refractivity (Wildman–Crippen MR) is 113 cm³/mol. The van der Waals surface area contributed by atoms with Gasteiger partial charge in [0.05, 0.1) is 6.20 Å². The van der Waals surface area contributed by atoms with E-state index < -0.39 is 6.09 Å². The first-order valence-electron chi connectivity index (χ1n) is 10.1. The van der Waals surface area contributed by atoms with Crippen molar-refractivity contribution in [3.05, 3.63) is 47.7 Å². The second-order valence-electron chi connectivity index (χ2n) is 7.88. The Kier molecular flexibility index (Phi) is 5.48. The summed E-state index contributed by atoms with van der Waals surface area (Å²) in [6.45, 7) is 1.80. The van der Waals surface area contributed by atoms with Crippen LogP contribution in [0.1, 0.15) is 28.8 Å². The maximum Gasteiger partial charge on any atom is 0.407 e. The van der Waals surface area contributed by atoms with Crippen LogP contribution in [-0.4, -0.2) is 71.7 Å². The number of carboxylic acid groups (broad SMARTS) is 1. The van der Waals surface area contributed by atoms with Crippen LogP contribution in [0.4, 0.5) is 16.3 Å². The summed E-state index contributed by atoms with van der Waals surface area (Å²) in [7, 11) is 3.51. The molecule has 158 valence electrons. The lowest BCUT2D eigenvalue weighted by molar-refractivity contribution is 0.0826. The van der Waals surface area contributed by atoms with E-state index in [-0.39, 0.29) is 12.0 Å². The van der Waals surface area contributed by atoms with Gasteiger partial charge >= 0.3 is 6.09 Å². The first kappa shape index (κ1) is 20.0.